The van der Waals surface area contributed by atoms with Gasteiger partial charge in [-0.05, 0) is 44.3 Å². The van der Waals surface area contributed by atoms with E-state index >= 15 is 0 Å². The van der Waals surface area contributed by atoms with Crippen LogP contribution in [0.5, 0.6) is 0 Å². The smallest absolute Gasteiger partial charge is 0.257 e. The van der Waals surface area contributed by atoms with Crippen molar-refractivity contribution in [2.45, 2.75) is 11.8 Å². The third kappa shape index (κ3) is 4.09. The highest BCUT2D eigenvalue weighted by Gasteiger charge is 2.27. The Balaban J connectivity index is 1.77. The lowest BCUT2D eigenvalue weighted by Crippen LogP contribution is -2.47. The Kier molecular flexibility index (Phi) is 5.36. The third-order valence-corrected chi connectivity index (χ3v) is 6.26. The molecule has 1 amide bonds. The molecule has 7 nitrogen and oxygen atoms in total. The highest BCUT2D eigenvalue weighted by atomic mass is 32.2. The summed E-state index contributed by atoms with van der Waals surface area (Å²) in [5.74, 6) is -0.327. The van der Waals surface area contributed by atoms with Gasteiger partial charge < -0.3 is 10.2 Å². The first-order valence-corrected chi connectivity index (χ1v) is 9.83. The number of hydrogen-bond acceptors (Lipinski definition) is 5. The number of nitrogens with one attached hydrogen (secondary N) is 1. The molecule has 3 rings (SSSR count). The van der Waals surface area contributed by atoms with E-state index in [9.17, 15) is 13.2 Å². The normalized spacial score (nSPS) is 16.4. The summed E-state index contributed by atoms with van der Waals surface area (Å²) >= 11 is 0. The van der Waals surface area contributed by atoms with Crippen molar-refractivity contribution in [3.05, 3.63) is 53.9 Å². The molecule has 0 spiro atoms. The molecule has 1 N–H and O–H groups in total. The number of carbonyl (C=O) groups excluding carboxylic acids is 1. The number of anilines is 1. The molecule has 1 saturated heterocycles. The Morgan fingerprint density at radius 1 is 1.12 bits per heavy atom. The second kappa shape index (κ2) is 7.53. The van der Waals surface area contributed by atoms with Gasteiger partial charge in [0, 0.05) is 43.8 Å². The van der Waals surface area contributed by atoms with Gasteiger partial charge in [-0.25, -0.2) is 8.42 Å². The molecular formula is C18H22N4O3S. The maximum Gasteiger partial charge on any atom is 0.257 e. The summed E-state index contributed by atoms with van der Waals surface area (Å²) < 4.78 is 27.1. The molecule has 0 aliphatic carbocycles. The Hall–Kier alpha value is -2.29. The van der Waals surface area contributed by atoms with E-state index in [0.717, 1.165) is 5.69 Å². The molecule has 1 aliphatic rings. The number of pyridine rings is 1. The van der Waals surface area contributed by atoms with Crippen LogP contribution in [0.15, 0.2) is 47.5 Å². The number of carbonyl (C=O) groups is 1. The second-order valence-corrected chi connectivity index (χ2v) is 8.32. The standard InChI is InChI=1S/C18H22N4O3S/c1-14-6-7-15(13-19-14)18(23)20-16-4-3-5-17(12-16)26(24,25)22-10-8-21(2)9-11-22/h3-7,12-13H,8-11H2,1-2H3,(H,20,23). The fraction of sp³-hybridized carbons (Fsp3) is 0.333. The predicted octanol–water partition coefficient (Wildman–Crippen LogP) is 1.58. The van der Waals surface area contributed by atoms with Crippen LogP contribution in [0.25, 0.3) is 0 Å². The summed E-state index contributed by atoms with van der Waals surface area (Å²) in [5, 5.41) is 2.73. The number of amides is 1. The molecule has 0 saturated carbocycles. The van der Waals surface area contributed by atoms with Crippen molar-refractivity contribution in [1.82, 2.24) is 14.2 Å². The van der Waals surface area contributed by atoms with Crippen LogP contribution in [0.3, 0.4) is 0 Å². The van der Waals surface area contributed by atoms with Gasteiger partial charge >= 0.3 is 0 Å². The summed E-state index contributed by atoms with van der Waals surface area (Å²) in [7, 11) is -1.60. The minimum absolute atomic E-state index is 0.182. The fourth-order valence-corrected chi connectivity index (χ4v) is 4.19. The number of likely N-dealkylation sites (N-methyl/N-ethyl adjacent to an activating group) is 1. The lowest BCUT2D eigenvalue weighted by Gasteiger charge is -2.31. The van der Waals surface area contributed by atoms with E-state index in [1.807, 2.05) is 14.0 Å². The molecule has 1 aliphatic heterocycles. The van der Waals surface area contributed by atoms with Crippen LogP contribution in [0.4, 0.5) is 5.69 Å². The minimum Gasteiger partial charge on any atom is -0.322 e. The molecule has 0 unspecified atom stereocenters. The van der Waals surface area contributed by atoms with E-state index in [1.165, 1.54) is 16.6 Å². The van der Waals surface area contributed by atoms with Crippen molar-refractivity contribution in [1.29, 1.82) is 0 Å². The number of hydrogen-bond donors (Lipinski definition) is 1. The third-order valence-electron chi connectivity index (χ3n) is 4.37. The van der Waals surface area contributed by atoms with E-state index in [4.69, 9.17) is 0 Å². The zero-order valence-corrected chi connectivity index (χ0v) is 15.7. The molecule has 8 heteroatoms. The van der Waals surface area contributed by atoms with Gasteiger partial charge in [0.25, 0.3) is 5.91 Å². The van der Waals surface area contributed by atoms with Crippen LogP contribution in [-0.2, 0) is 10.0 Å². The summed E-state index contributed by atoms with van der Waals surface area (Å²) in [6.45, 7) is 4.18. The molecule has 1 fully saturated rings. The van der Waals surface area contributed by atoms with E-state index in [1.54, 1.807) is 30.3 Å². The summed E-state index contributed by atoms with van der Waals surface area (Å²) in [6.07, 6.45) is 1.50. The number of nitrogens with zero attached hydrogens (tertiary/aromatic N) is 3. The number of aromatic nitrogens is 1. The van der Waals surface area contributed by atoms with Crippen molar-refractivity contribution < 1.29 is 13.2 Å². The molecule has 138 valence electrons. The van der Waals surface area contributed by atoms with Crippen LogP contribution < -0.4 is 5.32 Å². The van der Waals surface area contributed by atoms with Gasteiger partial charge in [0.2, 0.25) is 10.0 Å². The molecule has 2 heterocycles. The molecule has 26 heavy (non-hydrogen) atoms. The number of piperazine rings is 1. The van der Waals surface area contributed by atoms with Gasteiger partial charge in [0.05, 0.1) is 10.5 Å². The van der Waals surface area contributed by atoms with Gasteiger partial charge in [-0.3, -0.25) is 9.78 Å². The summed E-state index contributed by atoms with van der Waals surface area (Å²) in [5.41, 5.74) is 1.68. The molecular weight excluding hydrogens is 352 g/mol. The number of sulfonamides is 1. The largest absolute Gasteiger partial charge is 0.322 e. The first kappa shape index (κ1) is 18.5. The summed E-state index contributed by atoms with van der Waals surface area (Å²) in [6, 6.07) is 9.78. The molecule has 0 radical (unpaired) electrons. The van der Waals surface area contributed by atoms with Crippen molar-refractivity contribution in [3.63, 3.8) is 0 Å². The quantitative estimate of drug-likeness (QED) is 0.879. The number of aryl methyl sites for hydroxylation is 1. The number of rotatable bonds is 4. The first-order valence-electron chi connectivity index (χ1n) is 8.39. The Morgan fingerprint density at radius 2 is 1.85 bits per heavy atom. The van der Waals surface area contributed by atoms with Crippen molar-refractivity contribution in [2.24, 2.45) is 0 Å². The maximum absolute atomic E-state index is 12.8. The van der Waals surface area contributed by atoms with Crippen molar-refractivity contribution in [3.8, 4) is 0 Å². The van der Waals surface area contributed by atoms with E-state index < -0.39 is 10.0 Å². The molecule has 0 atom stereocenters. The lowest BCUT2D eigenvalue weighted by atomic mass is 10.2. The Morgan fingerprint density at radius 3 is 2.50 bits per heavy atom. The molecule has 1 aromatic carbocycles. The zero-order valence-electron chi connectivity index (χ0n) is 14.8. The highest BCUT2D eigenvalue weighted by Crippen LogP contribution is 2.21. The molecule has 1 aromatic heterocycles. The average molecular weight is 374 g/mol. The Bertz CT molecular complexity index is 889. The second-order valence-electron chi connectivity index (χ2n) is 6.38. The van der Waals surface area contributed by atoms with E-state index in [-0.39, 0.29) is 10.8 Å². The highest BCUT2D eigenvalue weighted by molar-refractivity contribution is 7.89. The van der Waals surface area contributed by atoms with Crippen LogP contribution in [0.1, 0.15) is 16.1 Å². The lowest BCUT2D eigenvalue weighted by molar-refractivity contribution is 0.102. The Labute approximate surface area is 153 Å². The monoisotopic (exact) mass is 374 g/mol. The number of benzene rings is 1. The van der Waals surface area contributed by atoms with Crippen LogP contribution >= 0.6 is 0 Å². The van der Waals surface area contributed by atoms with E-state index in [2.05, 4.69) is 15.2 Å². The SMILES string of the molecule is Cc1ccc(C(=O)Nc2cccc(S(=O)(=O)N3CCN(C)CC3)c2)cn1. The van der Waals surface area contributed by atoms with Crippen LogP contribution in [0, 0.1) is 6.92 Å². The van der Waals surface area contributed by atoms with Crippen LogP contribution in [-0.4, -0.2) is 61.7 Å². The molecule has 2 aromatic rings. The van der Waals surface area contributed by atoms with Crippen LogP contribution in [0.2, 0.25) is 0 Å². The van der Waals surface area contributed by atoms with E-state index in [0.29, 0.717) is 37.4 Å². The van der Waals surface area contributed by atoms with Gasteiger partial charge in [0.15, 0.2) is 0 Å². The minimum atomic E-state index is -3.57. The van der Waals surface area contributed by atoms with Gasteiger partial charge in [0.1, 0.15) is 0 Å². The topological polar surface area (TPSA) is 82.6 Å². The fourth-order valence-electron chi connectivity index (χ4n) is 2.72. The molecule has 0 bridgehead atoms. The summed E-state index contributed by atoms with van der Waals surface area (Å²) in [4.78, 5) is 18.7. The van der Waals surface area contributed by atoms with Gasteiger partial charge in [-0.15, -0.1) is 0 Å². The maximum atomic E-state index is 12.8. The predicted molar refractivity (Wildman–Crippen MR) is 99.6 cm³/mol. The zero-order chi connectivity index (χ0) is 18.7. The first-order chi connectivity index (χ1) is 12.4. The van der Waals surface area contributed by atoms with Crippen molar-refractivity contribution >= 4 is 21.6 Å². The van der Waals surface area contributed by atoms with Crippen molar-refractivity contribution in [2.75, 3.05) is 38.5 Å². The van der Waals surface area contributed by atoms with Gasteiger partial charge in [-0.2, -0.15) is 4.31 Å². The average Bonchev–Trinajstić information content (AvgIpc) is 2.63. The van der Waals surface area contributed by atoms with Gasteiger partial charge in [-0.1, -0.05) is 6.07 Å².